The smallest absolute Gasteiger partial charge is 0.165 e. The summed E-state index contributed by atoms with van der Waals surface area (Å²) in [6.07, 6.45) is 0. The highest BCUT2D eigenvalue weighted by atomic mass is 19.1. The third-order valence-corrected chi connectivity index (χ3v) is 2.87. The maximum Gasteiger partial charge on any atom is 0.165 e. The van der Waals surface area contributed by atoms with Gasteiger partial charge in [-0.15, -0.1) is 0 Å². The number of piperazine rings is 1. The quantitative estimate of drug-likeness (QED) is 0.795. The first kappa shape index (κ1) is 11.4. The Morgan fingerprint density at radius 2 is 2.38 bits per heavy atom. The number of aromatic hydroxyl groups is 1. The SMILES string of the molecule is CC1CN(Cc2ccc(O)c(F)c2)CCN1. The number of hydrogen-bond acceptors (Lipinski definition) is 3. The lowest BCUT2D eigenvalue weighted by Crippen LogP contribution is -2.48. The van der Waals surface area contributed by atoms with Gasteiger partial charge >= 0.3 is 0 Å². The Labute approximate surface area is 94.9 Å². The van der Waals surface area contributed by atoms with Crippen molar-refractivity contribution in [2.75, 3.05) is 19.6 Å². The number of hydrogen-bond donors (Lipinski definition) is 2. The van der Waals surface area contributed by atoms with E-state index in [9.17, 15) is 4.39 Å². The van der Waals surface area contributed by atoms with Gasteiger partial charge in [0.2, 0.25) is 0 Å². The van der Waals surface area contributed by atoms with Gasteiger partial charge in [0.1, 0.15) is 0 Å². The van der Waals surface area contributed by atoms with E-state index in [1.807, 2.05) is 0 Å². The van der Waals surface area contributed by atoms with Crippen LogP contribution in [0.1, 0.15) is 12.5 Å². The second-order valence-electron chi connectivity index (χ2n) is 4.38. The maximum atomic E-state index is 13.1. The topological polar surface area (TPSA) is 35.5 Å². The van der Waals surface area contributed by atoms with Gasteiger partial charge < -0.3 is 10.4 Å². The maximum absolute atomic E-state index is 13.1. The molecule has 4 heteroatoms. The van der Waals surface area contributed by atoms with Crippen molar-refractivity contribution in [3.8, 4) is 5.75 Å². The van der Waals surface area contributed by atoms with E-state index in [-0.39, 0.29) is 5.75 Å². The van der Waals surface area contributed by atoms with Crippen molar-refractivity contribution in [1.82, 2.24) is 10.2 Å². The normalized spacial score (nSPS) is 22.2. The fourth-order valence-corrected chi connectivity index (χ4v) is 2.06. The molecule has 0 aliphatic carbocycles. The van der Waals surface area contributed by atoms with E-state index in [1.165, 1.54) is 12.1 Å². The van der Waals surface area contributed by atoms with Crippen molar-refractivity contribution >= 4 is 0 Å². The Morgan fingerprint density at radius 1 is 1.56 bits per heavy atom. The molecule has 1 aromatic rings. The summed E-state index contributed by atoms with van der Waals surface area (Å²) in [4.78, 5) is 2.28. The summed E-state index contributed by atoms with van der Waals surface area (Å²) in [5, 5.41) is 12.5. The summed E-state index contributed by atoms with van der Waals surface area (Å²) in [7, 11) is 0. The fourth-order valence-electron chi connectivity index (χ4n) is 2.06. The molecule has 1 heterocycles. The van der Waals surface area contributed by atoms with E-state index in [4.69, 9.17) is 5.11 Å². The number of rotatable bonds is 2. The van der Waals surface area contributed by atoms with Crippen molar-refractivity contribution in [2.24, 2.45) is 0 Å². The van der Waals surface area contributed by atoms with Crippen LogP contribution in [0.5, 0.6) is 5.75 Å². The minimum absolute atomic E-state index is 0.280. The molecule has 1 aromatic carbocycles. The van der Waals surface area contributed by atoms with Crippen LogP contribution in [0.4, 0.5) is 4.39 Å². The lowest BCUT2D eigenvalue weighted by Gasteiger charge is -2.31. The molecule has 0 aromatic heterocycles. The van der Waals surface area contributed by atoms with Gasteiger partial charge in [0.05, 0.1) is 0 Å². The molecule has 0 bridgehead atoms. The zero-order valence-electron chi connectivity index (χ0n) is 9.41. The summed E-state index contributed by atoms with van der Waals surface area (Å²) in [6.45, 7) is 5.81. The van der Waals surface area contributed by atoms with Gasteiger partial charge in [0.15, 0.2) is 11.6 Å². The summed E-state index contributed by atoms with van der Waals surface area (Å²) >= 11 is 0. The summed E-state index contributed by atoms with van der Waals surface area (Å²) < 4.78 is 13.1. The second-order valence-corrected chi connectivity index (χ2v) is 4.38. The largest absolute Gasteiger partial charge is 0.505 e. The summed E-state index contributed by atoms with van der Waals surface area (Å²) in [6, 6.07) is 5.07. The molecule has 0 spiro atoms. The van der Waals surface area contributed by atoms with Crippen LogP contribution in [-0.4, -0.2) is 35.7 Å². The van der Waals surface area contributed by atoms with Gasteiger partial charge in [-0.05, 0) is 24.6 Å². The number of phenolic OH excluding ortho intramolecular Hbond substituents is 1. The van der Waals surface area contributed by atoms with Gasteiger partial charge in [0, 0.05) is 32.2 Å². The number of nitrogens with zero attached hydrogens (tertiary/aromatic N) is 1. The molecule has 0 radical (unpaired) electrons. The Morgan fingerprint density at radius 3 is 3.06 bits per heavy atom. The molecule has 88 valence electrons. The van der Waals surface area contributed by atoms with Crippen LogP contribution in [0, 0.1) is 5.82 Å². The van der Waals surface area contributed by atoms with Crippen LogP contribution in [0.3, 0.4) is 0 Å². The highest BCUT2D eigenvalue weighted by molar-refractivity contribution is 5.27. The second kappa shape index (κ2) is 4.80. The molecule has 1 aliphatic heterocycles. The Bertz CT molecular complexity index is 370. The third kappa shape index (κ3) is 2.71. The van der Waals surface area contributed by atoms with Crippen molar-refractivity contribution < 1.29 is 9.50 Å². The molecule has 16 heavy (non-hydrogen) atoms. The molecule has 0 saturated carbocycles. The first-order valence-corrected chi connectivity index (χ1v) is 5.58. The lowest BCUT2D eigenvalue weighted by atomic mass is 10.1. The average molecular weight is 224 g/mol. The predicted octanol–water partition coefficient (Wildman–Crippen LogP) is 1.32. The Kier molecular flexibility index (Phi) is 3.41. The minimum Gasteiger partial charge on any atom is -0.505 e. The molecular formula is C12H17FN2O. The summed E-state index contributed by atoms with van der Waals surface area (Å²) in [5.74, 6) is -0.821. The molecular weight excluding hydrogens is 207 g/mol. The summed E-state index contributed by atoms with van der Waals surface area (Å²) in [5.41, 5.74) is 0.907. The third-order valence-electron chi connectivity index (χ3n) is 2.87. The van der Waals surface area contributed by atoms with E-state index in [0.717, 1.165) is 31.7 Å². The molecule has 1 fully saturated rings. The van der Waals surface area contributed by atoms with Crippen LogP contribution in [0.15, 0.2) is 18.2 Å². The number of phenols is 1. The van der Waals surface area contributed by atoms with E-state index < -0.39 is 5.82 Å². The Balaban J connectivity index is 2.00. The molecule has 2 N–H and O–H groups in total. The molecule has 0 amide bonds. The van der Waals surface area contributed by atoms with Crippen molar-refractivity contribution in [2.45, 2.75) is 19.5 Å². The molecule has 2 rings (SSSR count). The molecule has 1 unspecified atom stereocenters. The van der Waals surface area contributed by atoms with Crippen LogP contribution in [0.2, 0.25) is 0 Å². The monoisotopic (exact) mass is 224 g/mol. The average Bonchev–Trinajstić information content (AvgIpc) is 2.24. The standard InChI is InChI=1S/C12H17FN2O/c1-9-7-15(5-4-14-9)8-10-2-3-12(16)11(13)6-10/h2-3,6,9,14,16H,4-5,7-8H2,1H3. The highest BCUT2D eigenvalue weighted by Crippen LogP contribution is 2.17. The molecule has 1 aliphatic rings. The molecule has 1 saturated heterocycles. The predicted molar refractivity (Wildman–Crippen MR) is 60.8 cm³/mol. The van der Waals surface area contributed by atoms with Crippen LogP contribution < -0.4 is 5.32 Å². The molecule has 1 atom stereocenters. The number of halogens is 1. The van der Waals surface area contributed by atoms with Gasteiger partial charge in [0.25, 0.3) is 0 Å². The van der Waals surface area contributed by atoms with Crippen molar-refractivity contribution in [3.05, 3.63) is 29.6 Å². The first-order chi connectivity index (χ1) is 7.65. The van der Waals surface area contributed by atoms with E-state index in [0.29, 0.717) is 6.04 Å². The van der Waals surface area contributed by atoms with E-state index >= 15 is 0 Å². The van der Waals surface area contributed by atoms with E-state index in [1.54, 1.807) is 6.07 Å². The Hall–Kier alpha value is -1.13. The van der Waals surface area contributed by atoms with E-state index in [2.05, 4.69) is 17.1 Å². The molecule has 3 nitrogen and oxygen atoms in total. The van der Waals surface area contributed by atoms with Crippen molar-refractivity contribution in [1.29, 1.82) is 0 Å². The zero-order valence-corrected chi connectivity index (χ0v) is 9.41. The zero-order chi connectivity index (χ0) is 11.5. The lowest BCUT2D eigenvalue weighted by molar-refractivity contribution is 0.199. The first-order valence-electron chi connectivity index (χ1n) is 5.58. The van der Waals surface area contributed by atoms with Gasteiger partial charge in [-0.1, -0.05) is 6.07 Å². The van der Waals surface area contributed by atoms with Crippen molar-refractivity contribution in [3.63, 3.8) is 0 Å². The number of benzene rings is 1. The fraction of sp³-hybridized carbons (Fsp3) is 0.500. The minimum atomic E-state index is -0.541. The van der Waals surface area contributed by atoms with Gasteiger partial charge in [-0.25, -0.2) is 4.39 Å². The number of nitrogens with one attached hydrogen (secondary N) is 1. The van der Waals surface area contributed by atoms with Gasteiger partial charge in [-0.2, -0.15) is 0 Å². The van der Waals surface area contributed by atoms with Crippen LogP contribution in [-0.2, 0) is 6.54 Å². The van der Waals surface area contributed by atoms with Crippen LogP contribution >= 0.6 is 0 Å². The van der Waals surface area contributed by atoms with Crippen LogP contribution in [0.25, 0.3) is 0 Å². The highest BCUT2D eigenvalue weighted by Gasteiger charge is 2.15. The van der Waals surface area contributed by atoms with Gasteiger partial charge in [-0.3, -0.25) is 4.90 Å².